The zero-order valence-electron chi connectivity index (χ0n) is 18.6. The molecule has 3 heterocycles. The monoisotopic (exact) mass is 428 g/mol. The lowest BCUT2D eigenvalue weighted by atomic mass is 10.0. The van der Waals surface area contributed by atoms with Crippen LogP contribution in [0.4, 0.5) is 10.1 Å². The van der Waals surface area contributed by atoms with Crippen molar-refractivity contribution in [3.05, 3.63) is 29.7 Å². The molecule has 0 radical (unpaired) electrons. The standard InChI is InChI=1S/C24H33FN4O2/c1-3-28-20-11-10-18(25)16-19(20)22(29-15-6-9-21(29)30)23(28)24(31)26-12-7-14-27-13-5-4-8-17(27)2/h10-11,16-17H,3-9,12-15H2,1-2H3,(H,26,31)/t17-/m1/s1. The molecule has 168 valence electrons. The summed E-state index contributed by atoms with van der Waals surface area (Å²) in [7, 11) is 0. The molecule has 0 aliphatic carbocycles. The maximum Gasteiger partial charge on any atom is 0.270 e. The van der Waals surface area contributed by atoms with E-state index in [1.165, 1.54) is 31.4 Å². The van der Waals surface area contributed by atoms with Crippen LogP contribution >= 0.6 is 0 Å². The summed E-state index contributed by atoms with van der Waals surface area (Å²) in [5.41, 5.74) is 1.80. The lowest BCUT2D eigenvalue weighted by Crippen LogP contribution is -2.39. The fourth-order valence-corrected chi connectivity index (χ4v) is 5.08. The van der Waals surface area contributed by atoms with Crippen molar-refractivity contribution in [1.82, 2.24) is 14.8 Å². The molecule has 1 atom stereocenters. The predicted octanol–water partition coefficient (Wildman–Crippen LogP) is 3.92. The Bertz CT molecular complexity index is 970. The van der Waals surface area contributed by atoms with Crippen LogP contribution in [0.3, 0.4) is 0 Å². The van der Waals surface area contributed by atoms with E-state index in [0.29, 0.717) is 48.9 Å². The number of hydrogen-bond acceptors (Lipinski definition) is 3. The van der Waals surface area contributed by atoms with Gasteiger partial charge in [-0.15, -0.1) is 0 Å². The van der Waals surface area contributed by atoms with Crippen molar-refractivity contribution >= 4 is 28.4 Å². The summed E-state index contributed by atoms with van der Waals surface area (Å²) in [4.78, 5) is 30.0. The maximum absolute atomic E-state index is 14.1. The number of fused-ring (bicyclic) bond motifs is 1. The molecule has 1 N–H and O–H groups in total. The second-order valence-corrected chi connectivity index (χ2v) is 8.74. The van der Waals surface area contributed by atoms with Crippen LogP contribution in [0.1, 0.15) is 62.9 Å². The van der Waals surface area contributed by atoms with Gasteiger partial charge in [-0.25, -0.2) is 4.39 Å². The number of nitrogens with zero attached hydrogens (tertiary/aromatic N) is 3. The third-order valence-corrected chi connectivity index (χ3v) is 6.72. The Morgan fingerprint density at radius 1 is 1.23 bits per heavy atom. The van der Waals surface area contributed by atoms with Crippen molar-refractivity contribution < 1.29 is 14.0 Å². The molecule has 2 saturated heterocycles. The molecule has 2 aliphatic rings. The van der Waals surface area contributed by atoms with Gasteiger partial charge in [0.25, 0.3) is 5.91 Å². The quantitative estimate of drug-likeness (QED) is 0.680. The molecule has 0 saturated carbocycles. The number of benzene rings is 1. The minimum Gasteiger partial charge on any atom is -0.351 e. The average Bonchev–Trinajstić information content (AvgIpc) is 3.32. The SMILES string of the molecule is CCn1c(C(=O)NCCCN2CCCC[C@H]2C)c(N2CCCC2=O)c2cc(F)ccc21. The predicted molar refractivity (Wildman–Crippen MR) is 121 cm³/mol. The van der Waals surface area contributed by atoms with Crippen LogP contribution in [0.2, 0.25) is 0 Å². The van der Waals surface area contributed by atoms with E-state index in [0.717, 1.165) is 31.4 Å². The fraction of sp³-hybridized carbons (Fsp3) is 0.583. The summed E-state index contributed by atoms with van der Waals surface area (Å²) >= 11 is 0. The number of nitrogens with one attached hydrogen (secondary N) is 1. The maximum atomic E-state index is 14.1. The molecule has 4 rings (SSSR count). The lowest BCUT2D eigenvalue weighted by molar-refractivity contribution is -0.117. The topological polar surface area (TPSA) is 57.6 Å². The number of aromatic nitrogens is 1. The first kappa shape index (κ1) is 21.8. The molecule has 31 heavy (non-hydrogen) atoms. The normalized spacial score (nSPS) is 20.0. The molecule has 6 nitrogen and oxygen atoms in total. The van der Waals surface area contributed by atoms with Gasteiger partial charge in [-0.3, -0.25) is 9.59 Å². The number of hydrogen-bond donors (Lipinski definition) is 1. The first-order valence-corrected chi connectivity index (χ1v) is 11.7. The van der Waals surface area contributed by atoms with Crippen molar-refractivity contribution in [2.45, 2.75) is 65.0 Å². The van der Waals surface area contributed by atoms with E-state index in [9.17, 15) is 14.0 Å². The molecule has 1 aromatic heterocycles. The number of aryl methyl sites for hydroxylation is 1. The largest absolute Gasteiger partial charge is 0.351 e. The van der Waals surface area contributed by atoms with Gasteiger partial charge in [-0.1, -0.05) is 6.42 Å². The van der Waals surface area contributed by atoms with Crippen LogP contribution in [0.25, 0.3) is 10.9 Å². The molecule has 0 unspecified atom stereocenters. The van der Waals surface area contributed by atoms with E-state index in [-0.39, 0.29) is 17.6 Å². The number of amides is 2. The highest BCUT2D eigenvalue weighted by Crippen LogP contribution is 2.37. The van der Waals surface area contributed by atoms with E-state index >= 15 is 0 Å². The van der Waals surface area contributed by atoms with Crippen LogP contribution in [0, 0.1) is 5.82 Å². The second-order valence-electron chi connectivity index (χ2n) is 8.74. The van der Waals surface area contributed by atoms with Gasteiger partial charge in [0.05, 0.1) is 11.2 Å². The number of anilines is 1. The zero-order valence-corrected chi connectivity index (χ0v) is 18.6. The highest BCUT2D eigenvalue weighted by Gasteiger charge is 2.31. The number of carbonyl (C=O) groups excluding carboxylic acids is 2. The van der Waals surface area contributed by atoms with Crippen molar-refractivity contribution in [2.24, 2.45) is 0 Å². The van der Waals surface area contributed by atoms with E-state index in [2.05, 4.69) is 17.1 Å². The van der Waals surface area contributed by atoms with Gasteiger partial charge in [0, 0.05) is 44.0 Å². The fourth-order valence-electron chi connectivity index (χ4n) is 5.08. The van der Waals surface area contributed by atoms with E-state index in [1.54, 1.807) is 11.0 Å². The van der Waals surface area contributed by atoms with Gasteiger partial charge in [-0.05, 0) is 64.3 Å². The minimum atomic E-state index is -0.365. The minimum absolute atomic E-state index is 0.00690. The summed E-state index contributed by atoms with van der Waals surface area (Å²) in [5, 5.41) is 3.69. The van der Waals surface area contributed by atoms with E-state index in [1.807, 2.05) is 11.5 Å². The Hall–Kier alpha value is -2.41. The summed E-state index contributed by atoms with van der Waals surface area (Å²) in [5.74, 6) is -0.566. The smallest absolute Gasteiger partial charge is 0.270 e. The second kappa shape index (κ2) is 9.39. The highest BCUT2D eigenvalue weighted by atomic mass is 19.1. The Morgan fingerprint density at radius 2 is 2.06 bits per heavy atom. The molecule has 7 heteroatoms. The summed E-state index contributed by atoms with van der Waals surface area (Å²) < 4.78 is 16.0. The first-order chi connectivity index (χ1) is 15.0. The van der Waals surface area contributed by atoms with Crippen molar-refractivity contribution in [2.75, 3.05) is 31.1 Å². The highest BCUT2D eigenvalue weighted by molar-refractivity contribution is 6.14. The van der Waals surface area contributed by atoms with Gasteiger partial charge in [-0.2, -0.15) is 0 Å². The van der Waals surface area contributed by atoms with E-state index in [4.69, 9.17) is 0 Å². The Balaban J connectivity index is 1.56. The Morgan fingerprint density at radius 3 is 2.77 bits per heavy atom. The van der Waals surface area contributed by atoms with Crippen LogP contribution in [-0.2, 0) is 11.3 Å². The van der Waals surface area contributed by atoms with Crippen LogP contribution in [0.5, 0.6) is 0 Å². The van der Waals surface area contributed by atoms with Crippen molar-refractivity contribution in [3.63, 3.8) is 0 Å². The van der Waals surface area contributed by atoms with Crippen LogP contribution in [-0.4, -0.2) is 53.5 Å². The molecule has 2 aromatic rings. The van der Waals surface area contributed by atoms with Gasteiger partial charge >= 0.3 is 0 Å². The summed E-state index contributed by atoms with van der Waals surface area (Å²) in [6.45, 7) is 8.05. The molecule has 0 bridgehead atoms. The molecule has 2 amide bonds. The lowest BCUT2D eigenvalue weighted by Gasteiger charge is -2.33. The summed E-state index contributed by atoms with van der Waals surface area (Å²) in [6, 6.07) is 5.16. The Kier molecular flexibility index (Phi) is 6.60. The number of carbonyl (C=O) groups is 2. The third-order valence-electron chi connectivity index (χ3n) is 6.72. The van der Waals surface area contributed by atoms with Crippen molar-refractivity contribution in [1.29, 1.82) is 0 Å². The number of likely N-dealkylation sites (tertiary alicyclic amines) is 1. The van der Waals surface area contributed by atoms with Crippen molar-refractivity contribution in [3.8, 4) is 0 Å². The third kappa shape index (κ3) is 4.33. The number of halogens is 1. The molecular formula is C24H33FN4O2. The first-order valence-electron chi connectivity index (χ1n) is 11.7. The van der Waals surface area contributed by atoms with Crippen LogP contribution in [0.15, 0.2) is 18.2 Å². The average molecular weight is 429 g/mol. The van der Waals surface area contributed by atoms with Gasteiger partial charge in [0.2, 0.25) is 5.91 Å². The molecule has 0 spiro atoms. The summed E-state index contributed by atoms with van der Waals surface area (Å²) in [6.07, 6.45) is 5.89. The molecular weight excluding hydrogens is 395 g/mol. The van der Waals surface area contributed by atoms with E-state index < -0.39 is 0 Å². The van der Waals surface area contributed by atoms with Gasteiger partial charge < -0.3 is 19.7 Å². The van der Waals surface area contributed by atoms with Gasteiger partial charge in [0.1, 0.15) is 11.5 Å². The number of piperidine rings is 1. The molecule has 2 fully saturated rings. The van der Waals surface area contributed by atoms with Crippen LogP contribution < -0.4 is 10.2 Å². The number of rotatable bonds is 7. The van der Waals surface area contributed by atoms with Gasteiger partial charge in [0.15, 0.2) is 0 Å². The zero-order chi connectivity index (χ0) is 22.0. The Labute approximate surface area is 183 Å². The molecule has 2 aliphatic heterocycles. The molecule has 1 aromatic carbocycles.